The minimum absolute atomic E-state index is 0.281. The van der Waals surface area contributed by atoms with Crippen molar-refractivity contribution in [2.45, 2.75) is 46.0 Å². The fraction of sp³-hybridized carbons (Fsp3) is 0.471. The van der Waals surface area contributed by atoms with E-state index in [0.29, 0.717) is 12.3 Å². The number of carbonyl (C=O) groups is 1. The van der Waals surface area contributed by atoms with E-state index in [4.69, 9.17) is 0 Å². The number of fused-ring (bicyclic) bond motifs is 1. The third-order valence-corrected chi connectivity index (χ3v) is 3.74. The van der Waals surface area contributed by atoms with E-state index in [1.807, 2.05) is 30.5 Å². The number of aromatic nitrogens is 1. The quantitative estimate of drug-likeness (QED) is 0.699. The SMILES string of the molecule is CCCC(CCC)CC(=O)c1ccc2cc[nH]c2c1. The zero-order chi connectivity index (χ0) is 13.7. The van der Waals surface area contributed by atoms with Crippen molar-refractivity contribution in [2.75, 3.05) is 0 Å². The highest BCUT2D eigenvalue weighted by atomic mass is 16.1. The summed E-state index contributed by atoms with van der Waals surface area (Å²) in [6.07, 6.45) is 7.24. The van der Waals surface area contributed by atoms with Crippen LogP contribution in [0, 0.1) is 5.92 Å². The normalized spacial score (nSPS) is 11.3. The molecule has 0 bridgehead atoms. The van der Waals surface area contributed by atoms with Gasteiger partial charge in [-0.3, -0.25) is 4.79 Å². The Morgan fingerprint density at radius 2 is 1.89 bits per heavy atom. The molecule has 2 heteroatoms. The molecule has 1 heterocycles. The number of aromatic amines is 1. The third-order valence-electron chi connectivity index (χ3n) is 3.74. The molecule has 0 spiro atoms. The fourth-order valence-corrected chi connectivity index (χ4v) is 2.77. The van der Waals surface area contributed by atoms with Crippen molar-refractivity contribution in [3.8, 4) is 0 Å². The van der Waals surface area contributed by atoms with Crippen LogP contribution in [0.5, 0.6) is 0 Å². The third kappa shape index (κ3) is 3.46. The summed E-state index contributed by atoms with van der Waals surface area (Å²) in [5, 5.41) is 1.16. The van der Waals surface area contributed by atoms with Crippen LogP contribution in [-0.4, -0.2) is 10.8 Å². The van der Waals surface area contributed by atoms with Gasteiger partial charge in [0.25, 0.3) is 0 Å². The Kier molecular flexibility index (Phi) is 4.78. The Labute approximate surface area is 115 Å². The standard InChI is InChI=1S/C17H23NO/c1-3-5-13(6-4-2)11-17(19)15-8-7-14-9-10-18-16(14)12-15/h7-10,12-13,18H,3-6,11H2,1-2H3. The molecular formula is C17H23NO. The van der Waals surface area contributed by atoms with Crippen LogP contribution in [0.15, 0.2) is 30.5 Å². The van der Waals surface area contributed by atoms with E-state index in [0.717, 1.165) is 42.1 Å². The van der Waals surface area contributed by atoms with Gasteiger partial charge in [0.05, 0.1) is 0 Å². The van der Waals surface area contributed by atoms with Gasteiger partial charge in [0.1, 0.15) is 0 Å². The molecule has 0 atom stereocenters. The van der Waals surface area contributed by atoms with Crippen molar-refractivity contribution < 1.29 is 4.79 Å². The van der Waals surface area contributed by atoms with Crippen molar-refractivity contribution in [2.24, 2.45) is 5.92 Å². The predicted octanol–water partition coefficient (Wildman–Crippen LogP) is 4.96. The maximum atomic E-state index is 12.4. The van der Waals surface area contributed by atoms with Crippen LogP contribution in [0.4, 0.5) is 0 Å². The molecule has 0 aliphatic heterocycles. The van der Waals surface area contributed by atoms with Gasteiger partial charge in [-0.25, -0.2) is 0 Å². The van der Waals surface area contributed by atoms with Gasteiger partial charge in [-0.05, 0) is 23.4 Å². The van der Waals surface area contributed by atoms with Crippen LogP contribution in [0.1, 0.15) is 56.3 Å². The smallest absolute Gasteiger partial charge is 0.163 e. The fourth-order valence-electron chi connectivity index (χ4n) is 2.77. The van der Waals surface area contributed by atoms with Gasteiger partial charge >= 0.3 is 0 Å². The number of carbonyl (C=O) groups excluding carboxylic acids is 1. The summed E-state index contributed by atoms with van der Waals surface area (Å²) in [5.74, 6) is 0.824. The van der Waals surface area contributed by atoms with E-state index in [2.05, 4.69) is 18.8 Å². The molecule has 0 unspecified atom stereocenters. The summed E-state index contributed by atoms with van der Waals surface area (Å²) in [6, 6.07) is 7.98. The lowest BCUT2D eigenvalue weighted by atomic mass is 9.90. The molecule has 0 saturated heterocycles. The molecule has 1 N–H and O–H groups in total. The molecule has 19 heavy (non-hydrogen) atoms. The monoisotopic (exact) mass is 257 g/mol. The number of Topliss-reactive ketones (excluding diaryl/α,β-unsaturated/α-hetero) is 1. The Hall–Kier alpha value is -1.57. The van der Waals surface area contributed by atoms with E-state index >= 15 is 0 Å². The van der Waals surface area contributed by atoms with Crippen LogP contribution >= 0.6 is 0 Å². The summed E-state index contributed by atoms with van der Waals surface area (Å²) < 4.78 is 0. The minimum atomic E-state index is 0.281. The topological polar surface area (TPSA) is 32.9 Å². The molecule has 0 fully saturated rings. The largest absolute Gasteiger partial charge is 0.361 e. The maximum Gasteiger partial charge on any atom is 0.163 e. The number of ketones is 1. The summed E-state index contributed by atoms with van der Waals surface area (Å²) in [7, 11) is 0. The molecule has 2 aromatic rings. The summed E-state index contributed by atoms with van der Waals surface area (Å²) in [6.45, 7) is 4.39. The van der Waals surface area contributed by atoms with Gasteiger partial charge in [-0.1, -0.05) is 51.7 Å². The first-order valence-electron chi connectivity index (χ1n) is 7.35. The van der Waals surface area contributed by atoms with Crippen molar-refractivity contribution in [1.82, 2.24) is 4.98 Å². The lowest BCUT2D eigenvalue weighted by Crippen LogP contribution is -2.09. The molecule has 102 valence electrons. The van der Waals surface area contributed by atoms with Crippen LogP contribution < -0.4 is 0 Å². The Bertz CT molecular complexity index is 535. The second-order valence-electron chi connectivity index (χ2n) is 5.35. The van der Waals surface area contributed by atoms with Gasteiger partial charge in [0, 0.05) is 23.7 Å². The molecule has 0 saturated carbocycles. The predicted molar refractivity (Wildman–Crippen MR) is 80.6 cm³/mol. The first-order valence-corrected chi connectivity index (χ1v) is 7.35. The van der Waals surface area contributed by atoms with Crippen LogP contribution in [0.2, 0.25) is 0 Å². The Balaban J connectivity index is 2.09. The molecule has 1 aromatic carbocycles. The first kappa shape index (κ1) is 13.9. The lowest BCUT2D eigenvalue weighted by molar-refractivity contribution is 0.0956. The van der Waals surface area contributed by atoms with Crippen LogP contribution in [-0.2, 0) is 0 Å². The Morgan fingerprint density at radius 3 is 2.58 bits per heavy atom. The molecule has 2 rings (SSSR count). The van der Waals surface area contributed by atoms with Crippen molar-refractivity contribution in [3.63, 3.8) is 0 Å². The highest BCUT2D eigenvalue weighted by molar-refractivity contribution is 5.99. The number of hydrogen-bond acceptors (Lipinski definition) is 1. The second kappa shape index (κ2) is 6.55. The second-order valence-corrected chi connectivity index (χ2v) is 5.35. The molecule has 0 radical (unpaired) electrons. The first-order chi connectivity index (χ1) is 9.24. The number of benzene rings is 1. The molecule has 0 aliphatic carbocycles. The number of hydrogen-bond donors (Lipinski definition) is 1. The molecule has 0 amide bonds. The van der Waals surface area contributed by atoms with Crippen LogP contribution in [0.25, 0.3) is 10.9 Å². The summed E-state index contributed by atoms with van der Waals surface area (Å²) in [4.78, 5) is 15.5. The summed E-state index contributed by atoms with van der Waals surface area (Å²) in [5.41, 5.74) is 1.89. The van der Waals surface area contributed by atoms with E-state index in [1.54, 1.807) is 0 Å². The lowest BCUT2D eigenvalue weighted by Gasteiger charge is -2.14. The Morgan fingerprint density at radius 1 is 1.16 bits per heavy atom. The number of H-pyrrole nitrogens is 1. The van der Waals surface area contributed by atoms with Crippen LogP contribution in [0.3, 0.4) is 0 Å². The zero-order valence-electron chi connectivity index (χ0n) is 11.9. The van der Waals surface area contributed by atoms with Crippen molar-refractivity contribution in [3.05, 3.63) is 36.0 Å². The minimum Gasteiger partial charge on any atom is -0.361 e. The van der Waals surface area contributed by atoms with E-state index in [9.17, 15) is 4.79 Å². The van der Waals surface area contributed by atoms with E-state index < -0.39 is 0 Å². The number of rotatable bonds is 7. The van der Waals surface area contributed by atoms with Gasteiger partial charge in [-0.15, -0.1) is 0 Å². The highest BCUT2D eigenvalue weighted by Gasteiger charge is 2.14. The molecule has 1 aromatic heterocycles. The average molecular weight is 257 g/mol. The zero-order valence-corrected chi connectivity index (χ0v) is 11.9. The van der Waals surface area contributed by atoms with E-state index in [1.165, 1.54) is 0 Å². The average Bonchev–Trinajstić information content (AvgIpc) is 2.86. The van der Waals surface area contributed by atoms with Crippen molar-refractivity contribution in [1.29, 1.82) is 0 Å². The summed E-state index contributed by atoms with van der Waals surface area (Å²) >= 11 is 0. The highest BCUT2D eigenvalue weighted by Crippen LogP contribution is 2.22. The van der Waals surface area contributed by atoms with Gasteiger partial charge in [0.2, 0.25) is 0 Å². The van der Waals surface area contributed by atoms with Crippen molar-refractivity contribution >= 4 is 16.7 Å². The molecular weight excluding hydrogens is 234 g/mol. The number of nitrogens with one attached hydrogen (secondary N) is 1. The molecule has 0 aliphatic rings. The molecule has 2 nitrogen and oxygen atoms in total. The van der Waals surface area contributed by atoms with Gasteiger partial charge < -0.3 is 4.98 Å². The van der Waals surface area contributed by atoms with Gasteiger partial charge in [-0.2, -0.15) is 0 Å². The van der Waals surface area contributed by atoms with E-state index in [-0.39, 0.29) is 5.78 Å². The van der Waals surface area contributed by atoms with Gasteiger partial charge in [0.15, 0.2) is 5.78 Å². The maximum absolute atomic E-state index is 12.4.